The van der Waals surface area contributed by atoms with Crippen molar-refractivity contribution in [1.82, 2.24) is 5.32 Å². The molecular weight excluding hydrogens is 158 g/mol. The highest BCUT2D eigenvalue weighted by Crippen LogP contribution is 2.40. The van der Waals surface area contributed by atoms with Crippen LogP contribution in [0.1, 0.15) is 12.8 Å². The van der Waals surface area contributed by atoms with E-state index in [1.807, 2.05) is 11.8 Å². The van der Waals surface area contributed by atoms with E-state index in [4.69, 9.17) is 0 Å². The smallest absolute Gasteiger partial charge is 0.0628 e. The summed E-state index contributed by atoms with van der Waals surface area (Å²) in [6.45, 7) is 2.02. The fourth-order valence-electron chi connectivity index (χ4n) is 2.03. The normalized spacial score (nSPS) is 45.0. The zero-order valence-electron chi connectivity index (χ0n) is 6.68. The van der Waals surface area contributed by atoms with Crippen LogP contribution in [0.15, 0.2) is 0 Å². The highest BCUT2D eigenvalue weighted by Gasteiger charge is 2.42. The van der Waals surface area contributed by atoms with Gasteiger partial charge in [-0.3, -0.25) is 0 Å². The van der Waals surface area contributed by atoms with E-state index in [-0.39, 0.29) is 11.5 Å². The van der Waals surface area contributed by atoms with Gasteiger partial charge in [0.1, 0.15) is 0 Å². The Labute approximate surface area is 71.7 Å². The molecule has 2 saturated heterocycles. The molecule has 0 saturated carbocycles. The molecule has 3 heteroatoms. The molecule has 0 aliphatic carbocycles. The summed E-state index contributed by atoms with van der Waals surface area (Å²) in [6.07, 6.45) is 2.10. The van der Waals surface area contributed by atoms with Crippen LogP contribution in [0, 0.1) is 5.41 Å². The number of thioether (sulfide) groups is 1. The van der Waals surface area contributed by atoms with Gasteiger partial charge < -0.3 is 10.4 Å². The van der Waals surface area contributed by atoms with Gasteiger partial charge in [0.15, 0.2) is 0 Å². The number of rotatable bonds is 0. The second-order valence-electron chi connectivity index (χ2n) is 3.65. The molecule has 2 unspecified atom stereocenters. The topological polar surface area (TPSA) is 32.3 Å². The van der Waals surface area contributed by atoms with Crippen LogP contribution in [0.5, 0.6) is 0 Å². The van der Waals surface area contributed by atoms with Gasteiger partial charge in [0, 0.05) is 17.7 Å². The minimum Gasteiger partial charge on any atom is -0.392 e. The van der Waals surface area contributed by atoms with E-state index in [1.165, 1.54) is 12.2 Å². The summed E-state index contributed by atoms with van der Waals surface area (Å²) in [5.74, 6) is 2.39. The molecule has 2 rings (SSSR count). The third-order valence-corrected chi connectivity index (χ3v) is 4.18. The second kappa shape index (κ2) is 2.96. The Morgan fingerprint density at radius 3 is 3.09 bits per heavy atom. The van der Waals surface area contributed by atoms with E-state index in [9.17, 15) is 5.11 Å². The van der Waals surface area contributed by atoms with Gasteiger partial charge in [0.2, 0.25) is 0 Å². The first kappa shape index (κ1) is 7.90. The Hall–Kier alpha value is 0.270. The molecule has 2 nitrogen and oxygen atoms in total. The molecule has 0 bridgehead atoms. The van der Waals surface area contributed by atoms with Crippen LogP contribution in [0.2, 0.25) is 0 Å². The summed E-state index contributed by atoms with van der Waals surface area (Å²) in [6, 6.07) is 0. The average molecular weight is 173 g/mol. The van der Waals surface area contributed by atoms with Crippen LogP contribution < -0.4 is 5.32 Å². The lowest BCUT2D eigenvalue weighted by atomic mass is 9.78. The maximum atomic E-state index is 9.81. The number of hydrogen-bond donors (Lipinski definition) is 2. The van der Waals surface area contributed by atoms with Gasteiger partial charge in [-0.2, -0.15) is 11.8 Å². The van der Waals surface area contributed by atoms with E-state index in [0.717, 1.165) is 25.3 Å². The first-order valence-electron chi connectivity index (χ1n) is 4.30. The summed E-state index contributed by atoms with van der Waals surface area (Å²) in [5.41, 5.74) is 0.239. The molecular formula is C8H15NOS. The quantitative estimate of drug-likeness (QED) is 0.558. The summed E-state index contributed by atoms with van der Waals surface area (Å²) in [7, 11) is 0. The minimum atomic E-state index is -0.0428. The highest BCUT2D eigenvalue weighted by molar-refractivity contribution is 7.99. The zero-order valence-corrected chi connectivity index (χ0v) is 7.49. The fraction of sp³-hybridized carbons (Fsp3) is 1.00. The molecule has 11 heavy (non-hydrogen) atoms. The zero-order chi connectivity index (χ0) is 7.73. The molecule has 0 radical (unpaired) electrons. The molecule has 0 aromatic rings. The maximum Gasteiger partial charge on any atom is 0.0628 e. The SMILES string of the molecule is OC1CCNCC12CCSC2. The Morgan fingerprint density at radius 2 is 2.45 bits per heavy atom. The van der Waals surface area contributed by atoms with E-state index in [0.29, 0.717) is 0 Å². The van der Waals surface area contributed by atoms with Crippen molar-refractivity contribution in [2.24, 2.45) is 5.41 Å². The molecule has 2 aliphatic heterocycles. The molecule has 2 fully saturated rings. The van der Waals surface area contributed by atoms with E-state index >= 15 is 0 Å². The summed E-state index contributed by atoms with van der Waals surface area (Å²) in [5, 5.41) is 13.2. The van der Waals surface area contributed by atoms with Gasteiger partial charge in [-0.1, -0.05) is 0 Å². The molecule has 0 amide bonds. The van der Waals surface area contributed by atoms with Crippen LogP contribution in [0.25, 0.3) is 0 Å². The van der Waals surface area contributed by atoms with Crippen molar-refractivity contribution in [3.05, 3.63) is 0 Å². The third kappa shape index (κ3) is 1.30. The highest BCUT2D eigenvalue weighted by atomic mass is 32.2. The van der Waals surface area contributed by atoms with E-state index in [2.05, 4.69) is 5.32 Å². The van der Waals surface area contributed by atoms with Gasteiger partial charge in [-0.05, 0) is 25.1 Å². The van der Waals surface area contributed by atoms with Gasteiger partial charge in [0.05, 0.1) is 6.10 Å². The molecule has 2 N–H and O–H groups in total. The molecule has 2 atom stereocenters. The van der Waals surface area contributed by atoms with Gasteiger partial charge >= 0.3 is 0 Å². The number of nitrogens with one attached hydrogen (secondary N) is 1. The molecule has 2 heterocycles. The van der Waals surface area contributed by atoms with E-state index < -0.39 is 0 Å². The lowest BCUT2D eigenvalue weighted by Crippen LogP contribution is -2.49. The van der Waals surface area contributed by atoms with Crippen LogP contribution >= 0.6 is 11.8 Å². The van der Waals surface area contributed by atoms with Crippen molar-refractivity contribution >= 4 is 11.8 Å². The molecule has 1 spiro atoms. The first-order valence-corrected chi connectivity index (χ1v) is 5.45. The Morgan fingerprint density at radius 1 is 1.55 bits per heavy atom. The third-order valence-electron chi connectivity index (χ3n) is 2.91. The lowest BCUT2D eigenvalue weighted by molar-refractivity contribution is 0.0169. The fourth-order valence-corrected chi connectivity index (χ4v) is 3.57. The predicted octanol–water partition coefficient (Wildman–Crippen LogP) is 0.464. The van der Waals surface area contributed by atoms with Gasteiger partial charge in [-0.15, -0.1) is 0 Å². The molecule has 64 valence electrons. The number of piperidine rings is 1. The number of aliphatic hydroxyl groups is 1. The van der Waals surface area contributed by atoms with Crippen molar-refractivity contribution in [2.45, 2.75) is 18.9 Å². The van der Waals surface area contributed by atoms with Crippen molar-refractivity contribution < 1.29 is 5.11 Å². The molecule has 0 aromatic heterocycles. The summed E-state index contributed by atoms with van der Waals surface area (Å²) in [4.78, 5) is 0. The molecule has 2 aliphatic rings. The van der Waals surface area contributed by atoms with Crippen LogP contribution in [0.4, 0.5) is 0 Å². The number of aliphatic hydroxyl groups excluding tert-OH is 1. The monoisotopic (exact) mass is 173 g/mol. The van der Waals surface area contributed by atoms with Gasteiger partial charge in [-0.25, -0.2) is 0 Å². The first-order chi connectivity index (χ1) is 5.33. The van der Waals surface area contributed by atoms with Crippen LogP contribution in [-0.2, 0) is 0 Å². The summed E-state index contributed by atoms with van der Waals surface area (Å²) >= 11 is 1.98. The number of hydrogen-bond acceptors (Lipinski definition) is 3. The summed E-state index contributed by atoms with van der Waals surface area (Å²) < 4.78 is 0. The van der Waals surface area contributed by atoms with E-state index in [1.54, 1.807) is 0 Å². The average Bonchev–Trinajstić information content (AvgIpc) is 2.46. The Balaban J connectivity index is 2.07. The Bertz CT molecular complexity index is 145. The van der Waals surface area contributed by atoms with Crippen LogP contribution in [0.3, 0.4) is 0 Å². The van der Waals surface area contributed by atoms with Crippen molar-refractivity contribution in [2.75, 3.05) is 24.6 Å². The maximum absolute atomic E-state index is 9.81. The largest absolute Gasteiger partial charge is 0.392 e. The van der Waals surface area contributed by atoms with Crippen molar-refractivity contribution in [3.8, 4) is 0 Å². The standard InChI is InChI=1S/C8H15NOS/c10-7-1-3-9-5-8(7)2-4-11-6-8/h7,9-10H,1-6H2. The van der Waals surface area contributed by atoms with Gasteiger partial charge in [0.25, 0.3) is 0 Å². The van der Waals surface area contributed by atoms with Crippen molar-refractivity contribution in [3.63, 3.8) is 0 Å². The van der Waals surface area contributed by atoms with Crippen LogP contribution in [-0.4, -0.2) is 35.8 Å². The second-order valence-corrected chi connectivity index (χ2v) is 4.75. The lowest BCUT2D eigenvalue weighted by Gasteiger charge is -2.38. The predicted molar refractivity (Wildman–Crippen MR) is 47.9 cm³/mol. The van der Waals surface area contributed by atoms with Crippen molar-refractivity contribution in [1.29, 1.82) is 0 Å². The minimum absolute atomic E-state index is 0.0428. The Kier molecular flexibility index (Phi) is 2.12. The molecule has 0 aromatic carbocycles.